The molecule has 7 nitrogen and oxygen atoms in total. The zero-order valence-corrected chi connectivity index (χ0v) is 17.7. The van der Waals surface area contributed by atoms with Crippen molar-refractivity contribution >= 4 is 5.91 Å². The number of aromatic amines is 1. The number of aromatic nitrogens is 3. The number of nitrogens with zero attached hydrogens (tertiary/aromatic N) is 3. The lowest BCUT2D eigenvalue weighted by Gasteiger charge is -2.18. The lowest BCUT2D eigenvalue weighted by molar-refractivity contribution is -0.132. The fourth-order valence-electron chi connectivity index (χ4n) is 3.88. The molecule has 3 aromatic rings. The molecule has 0 aliphatic carbocycles. The number of rotatable bonds is 6. The van der Waals surface area contributed by atoms with Crippen molar-refractivity contribution in [3.63, 3.8) is 0 Å². The summed E-state index contributed by atoms with van der Waals surface area (Å²) in [5.74, 6) is 1.55. The lowest BCUT2D eigenvalue weighted by Crippen LogP contribution is -2.33. The first-order valence-electron chi connectivity index (χ1n) is 10.5. The summed E-state index contributed by atoms with van der Waals surface area (Å²) in [5, 5.41) is 0. The van der Waals surface area contributed by atoms with Crippen molar-refractivity contribution in [2.75, 3.05) is 19.7 Å². The maximum atomic E-state index is 12.7. The van der Waals surface area contributed by atoms with Gasteiger partial charge in [0.1, 0.15) is 11.6 Å². The van der Waals surface area contributed by atoms with Gasteiger partial charge in [0.25, 0.3) is 11.5 Å². The third-order valence-corrected chi connectivity index (χ3v) is 5.57. The number of pyridine rings is 1. The molecule has 0 spiro atoms. The Bertz CT molecular complexity index is 1110. The van der Waals surface area contributed by atoms with E-state index in [-0.39, 0.29) is 24.0 Å². The summed E-state index contributed by atoms with van der Waals surface area (Å²) in [6, 6.07) is 12.9. The van der Waals surface area contributed by atoms with Gasteiger partial charge in [-0.2, -0.15) is 0 Å². The molecule has 1 aliphatic heterocycles. The fourth-order valence-corrected chi connectivity index (χ4v) is 3.88. The smallest absolute Gasteiger partial charge is 0.260 e. The number of H-pyrrole nitrogens is 1. The van der Waals surface area contributed by atoms with Crippen LogP contribution in [0.5, 0.6) is 5.75 Å². The Balaban J connectivity index is 1.42. The quantitative estimate of drug-likeness (QED) is 0.663. The second-order valence-corrected chi connectivity index (χ2v) is 8.06. The average molecular weight is 418 g/mol. The van der Waals surface area contributed by atoms with Gasteiger partial charge >= 0.3 is 0 Å². The molecule has 2 aromatic heterocycles. The van der Waals surface area contributed by atoms with E-state index in [1.54, 1.807) is 29.4 Å². The van der Waals surface area contributed by atoms with Crippen LogP contribution in [-0.2, 0) is 4.79 Å². The molecule has 0 bridgehead atoms. The van der Waals surface area contributed by atoms with E-state index in [1.165, 1.54) is 6.07 Å². The van der Waals surface area contributed by atoms with Gasteiger partial charge in [0.05, 0.1) is 5.69 Å². The molecule has 1 amide bonds. The fraction of sp³-hybridized carbons (Fsp3) is 0.333. The van der Waals surface area contributed by atoms with Gasteiger partial charge in [0, 0.05) is 43.0 Å². The van der Waals surface area contributed by atoms with Crippen molar-refractivity contribution in [3.8, 4) is 17.1 Å². The molecule has 160 valence electrons. The van der Waals surface area contributed by atoms with Crippen molar-refractivity contribution in [2.24, 2.45) is 0 Å². The first-order chi connectivity index (χ1) is 15.0. The Labute approximate surface area is 181 Å². The third kappa shape index (κ3) is 4.82. The van der Waals surface area contributed by atoms with Crippen LogP contribution in [0.1, 0.15) is 43.4 Å². The molecule has 1 saturated heterocycles. The van der Waals surface area contributed by atoms with Crippen molar-refractivity contribution in [1.82, 2.24) is 19.9 Å². The number of carbonyl (C=O) groups excluding carboxylic acids is 1. The van der Waals surface area contributed by atoms with Gasteiger partial charge < -0.3 is 14.6 Å². The molecule has 7 heteroatoms. The average Bonchev–Trinajstić information content (AvgIpc) is 3.28. The van der Waals surface area contributed by atoms with Crippen molar-refractivity contribution in [1.29, 1.82) is 0 Å². The Kier molecular flexibility index (Phi) is 6.11. The Hall–Kier alpha value is -3.48. The van der Waals surface area contributed by atoms with E-state index < -0.39 is 0 Å². The number of ether oxygens (including phenoxy) is 1. The minimum atomic E-state index is -0.199. The summed E-state index contributed by atoms with van der Waals surface area (Å²) >= 11 is 0. The number of nitrogens with one attached hydrogen (secondary N) is 1. The van der Waals surface area contributed by atoms with E-state index in [9.17, 15) is 9.59 Å². The van der Waals surface area contributed by atoms with Crippen molar-refractivity contribution in [2.45, 2.75) is 32.1 Å². The van der Waals surface area contributed by atoms with Crippen LogP contribution in [0, 0.1) is 0 Å². The largest absolute Gasteiger partial charge is 0.483 e. The van der Waals surface area contributed by atoms with Crippen LogP contribution in [0.4, 0.5) is 0 Å². The van der Waals surface area contributed by atoms with Crippen LogP contribution in [-0.4, -0.2) is 45.5 Å². The van der Waals surface area contributed by atoms with E-state index >= 15 is 0 Å². The number of likely N-dealkylation sites (tertiary alicyclic amines) is 1. The zero-order valence-electron chi connectivity index (χ0n) is 17.7. The van der Waals surface area contributed by atoms with Crippen LogP contribution in [0.3, 0.4) is 0 Å². The van der Waals surface area contributed by atoms with Crippen molar-refractivity contribution < 1.29 is 9.53 Å². The lowest BCUT2D eigenvalue weighted by atomic mass is 10.0. The molecule has 1 aliphatic rings. The molecule has 0 unspecified atom stereocenters. The molecular formula is C24H26N4O3. The van der Waals surface area contributed by atoms with E-state index in [0.29, 0.717) is 30.5 Å². The van der Waals surface area contributed by atoms with E-state index in [0.717, 1.165) is 23.3 Å². The standard InChI is InChI=1S/C24H26N4O3/c1-16(2)19-5-3-4-6-21(19)31-15-23(30)28-12-9-18(14-28)20-13-22(29)27-24(26-20)17-7-10-25-11-8-17/h3-8,10-11,13,16,18H,9,12,14-15H2,1-2H3,(H,26,27,29)/t18-/m1/s1. The first-order valence-corrected chi connectivity index (χ1v) is 10.5. The number of amides is 1. The summed E-state index contributed by atoms with van der Waals surface area (Å²) in [4.78, 5) is 38.1. The normalized spacial score (nSPS) is 16.0. The number of hydrogen-bond donors (Lipinski definition) is 1. The van der Waals surface area contributed by atoms with Gasteiger partial charge in [0.15, 0.2) is 6.61 Å². The SMILES string of the molecule is CC(C)c1ccccc1OCC(=O)N1CC[C@@H](c2cc(=O)[nH]c(-c3ccncc3)n2)C1. The van der Waals surface area contributed by atoms with Gasteiger partial charge in [-0.25, -0.2) is 4.98 Å². The summed E-state index contributed by atoms with van der Waals surface area (Å²) in [5.41, 5.74) is 2.40. The Morgan fingerprint density at radius 1 is 1.23 bits per heavy atom. The van der Waals surface area contributed by atoms with E-state index in [4.69, 9.17) is 4.74 Å². The number of para-hydroxylation sites is 1. The van der Waals surface area contributed by atoms with Crippen LogP contribution >= 0.6 is 0 Å². The molecule has 1 atom stereocenters. The highest BCUT2D eigenvalue weighted by Gasteiger charge is 2.29. The summed E-state index contributed by atoms with van der Waals surface area (Å²) in [6.45, 7) is 5.35. The molecule has 31 heavy (non-hydrogen) atoms. The zero-order chi connectivity index (χ0) is 21.8. The highest BCUT2D eigenvalue weighted by molar-refractivity contribution is 5.78. The van der Waals surface area contributed by atoms with Crippen LogP contribution < -0.4 is 10.3 Å². The molecule has 4 rings (SSSR count). The molecule has 1 fully saturated rings. The highest BCUT2D eigenvalue weighted by Crippen LogP contribution is 2.28. The van der Waals surface area contributed by atoms with Gasteiger partial charge in [0.2, 0.25) is 0 Å². The van der Waals surface area contributed by atoms with Gasteiger partial charge in [-0.3, -0.25) is 14.6 Å². The summed E-state index contributed by atoms with van der Waals surface area (Å²) < 4.78 is 5.84. The minimum Gasteiger partial charge on any atom is -0.483 e. The second kappa shape index (κ2) is 9.12. The predicted molar refractivity (Wildman–Crippen MR) is 118 cm³/mol. The van der Waals surface area contributed by atoms with E-state index in [1.807, 2.05) is 24.3 Å². The van der Waals surface area contributed by atoms with Crippen LogP contribution in [0.15, 0.2) is 59.7 Å². The Morgan fingerprint density at radius 3 is 2.77 bits per heavy atom. The Morgan fingerprint density at radius 2 is 2.00 bits per heavy atom. The number of carbonyl (C=O) groups is 1. The van der Waals surface area contributed by atoms with Gasteiger partial charge in [-0.05, 0) is 36.1 Å². The molecular weight excluding hydrogens is 392 g/mol. The molecule has 0 radical (unpaired) electrons. The maximum absolute atomic E-state index is 12.7. The molecule has 3 heterocycles. The topological polar surface area (TPSA) is 88.2 Å². The minimum absolute atomic E-state index is 0.00151. The summed E-state index contributed by atoms with van der Waals surface area (Å²) in [7, 11) is 0. The van der Waals surface area contributed by atoms with Gasteiger partial charge in [-0.1, -0.05) is 32.0 Å². The van der Waals surface area contributed by atoms with Crippen molar-refractivity contribution in [3.05, 3.63) is 76.5 Å². The maximum Gasteiger partial charge on any atom is 0.260 e. The second-order valence-electron chi connectivity index (χ2n) is 8.06. The highest BCUT2D eigenvalue weighted by atomic mass is 16.5. The molecule has 0 saturated carbocycles. The van der Waals surface area contributed by atoms with Crippen LogP contribution in [0.25, 0.3) is 11.4 Å². The number of hydrogen-bond acceptors (Lipinski definition) is 5. The van der Waals surface area contributed by atoms with Gasteiger partial charge in [-0.15, -0.1) is 0 Å². The molecule has 1 N–H and O–H groups in total. The predicted octanol–water partition coefficient (Wildman–Crippen LogP) is 3.35. The molecule has 1 aromatic carbocycles. The first kappa shape index (κ1) is 20.8. The third-order valence-electron chi connectivity index (χ3n) is 5.57. The monoisotopic (exact) mass is 418 g/mol. The van der Waals surface area contributed by atoms with E-state index in [2.05, 4.69) is 28.8 Å². The van der Waals surface area contributed by atoms with Crippen LogP contribution in [0.2, 0.25) is 0 Å². The summed E-state index contributed by atoms with van der Waals surface area (Å²) in [6.07, 6.45) is 4.09. The number of benzene rings is 1.